The Bertz CT molecular complexity index is 730. The molecule has 5 nitrogen and oxygen atoms in total. The van der Waals surface area contributed by atoms with E-state index in [1.807, 2.05) is 36.0 Å². The molecule has 0 saturated carbocycles. The molecular formula is C14H14N4OS2. The van der Waals surface area contributed by atoms with Crippen LogP contribution in [0.3, 0.4) is 0 Å². The molecule has 3 aromatic heterocycles. The Morgan fingerprint density at radius 2 is 2.29 bits per heavy atom. The van der Waals surface area contributed by atoms with Gasteiger partial charge in [0.25, 0.3) is 5.91 Å². The average molecular weight is 318 g/mol. The monoisotopic (exact) mass is 318 g/mol. The summed E-state index contributed by atoms with van der Waals surface area (Å²) in [6.07, 6.45) is 4.31. The molecule has 3 aromatic rings. The van der Waals surface area contributed by atoms with Gasteiger partial charge in [-0.05, 0) is 30.0 Å². The van der Waals surface area contributed by atoms with Crippen LogP contribution in [0.25, 0.3) is 5.13 Å². The van der Waals surface area contributed by atoms with Crippen molar-refractivity contribution in [3.8, 4) is 5.13 Å². The van der Waals surface area contributed by atoms with Gasteiger partial charge in [0.05, 0.1) is 10.6 Å². The summed E-state index contributed by atoms with van der Waals surface area (Å²) < 4.78 is 1.74. The Morgan fingerprint density at radius 1 is 1.38 bits per heavy atom. The summed E-state index contributed by atoms with van der Waals surface area (Å²) in [6.45, 7) is 2.57. The molecule has 1 N–H and O–H groups in total. The van der Waals surface area contributed by atoms with Gasteiger partial charge in [-0.25, -0.2) is 9.67 Å². The molecule has 3 heterocycles. The van der Waals surface area contributed by atoms with Crippen molar-refractivity contribution in [1.82, 2.24) is 20.1 Å². The van der Waals surface area contributed by atoms with Gasteiger partial charge >= 0.3 is 0 Å². The number of amides is 1. The molecule has 0 spiro atoms. The molecule has 0 aliphatic heterocycles. The lowest BCUT2D eigenvalue weighted by molar-refractivity contribution is 0.0958. The van der Waals surface area contributed by atoms with Crippen molar-refractivity contribution >= 4 is 28.6 Å². The molecular weight excluding hydrogens is 304 g/mol. The third-order valence-corrected chi connectivity index (χ3v) is 4.79. The molecule has 21 heavy (non-hydrogen) atoms. The molecule has 3 rings (SSSR count). The highest BCUT2D eigenvalue weighted by Crippen LogP contribution is 2.15. The Kier molecular flexibility index (Phi) is 4.12. The lowest BCUT2D eigenvalue weighted by Crippen LogP contribution is -2.24. The number of hydrogen-bond acceptors (Lipinski definition) is 5. The first-order valence-corrected chi connectivity index (χ1v) is 8.26. The van der Waals surface area contributed by atoms with Crippen LogP contribution in [0, 0.1) is 6.92 Å². The molecule has 0 saturated heterocycles. The molecule has 0 aliphatic carbocycles. The Hall–Kier alpha value is -1.99. The summed E-state index contributed by atoms with van der Waals surface area (Å²) in [7, 11) is 0. The molecule has 0 fully saturated rings. The fraction of sp³-hybridized carbons (Fsp3) is 0.214. The lowest BCUT2D eigenvalue weighted by atomic mass is 10.3. The fourth-order valence-corrected chi connectivity index (χ4v) is 3.45. The quantitative estimate of drug-likeness (QED) is 0.787. The van der Waals surface area contributed by atoms with Gasteiger partial charge in [0, 0.05) is 30.7 Å². The first-order valence-electron chi connectivity index (χ1n) is 6.50. The Labute approximate surface area is 130 Å². The van der Waals surface area contributed by atoms with Crippen molar-refractivity contribution < 1.29 is 4.79 Å². The predicted molar refractivity (Wildman–Crippen MR) is 84.3 cm³/mol. The molecule has 0 aliphatic rings. The van der Waals surface area contributed by atoms with Gasteiger partial charge in [0.1, 0.15) is 0 Å². The maximum Gasteiger partial charge on any atom is 0.261 e. The smallest absolute Gasteiger partial charge is 0.261 e. The van der Waals surface area contributed by atoms with Gasteiger partial charge in [0.2, 0.25) is 5.13 Å². The zero-order valence-corrected chi connectivity index (χ0v) is 13.1. The third-order valence-electron chi connectivity index (χ3n) is 2.86. The minimum absolute atomic E-state index is 0.0179. The van der Waals surface area contributed by atoms with Crippen molar-refractivity contribution in [2.75, 3.05) is 6.54 Å². The van der Waals surface area contributed by atoms with Crippen LogP contribution >= 0.6 is 22.7 Å². The van der Waals surface area contributed by atoms with Crippen molar-refractivity contribution in [1.29, 1.82) is 0 Å². The minimum atomic E-state index is -0.0179. The Morgan fingerprint density at radius 3 is 3.00 bits per heavy atom. The van der Waals surface area contributed by atoms with E-state index in [-0.39, 0.29) is 5.91 Å². The second-order valence-electron chi connectivity index (χ2n) is 4.57. The second kappa shape index (κ2) is 6.19. The number of hydrogen-bond donors (Lipinski definition) is 1. The van der Waals surface area contributed by atoms with E-state index in [1.165, 1.54) is 11.3 Å². The number of carbonyl (C=O) groups excluding carboxylic acids is 1. The van der Waals surface area contributed by atoms with Crippen molar-refractivity contribution in [2.45, 2.75) is 13.3 Å². The maximum atomic E-state index is 11.9. The first kappa shape index (κ1) is 14.0. The number of nitrogens with one attached hydrogen (secondary N) is 1. The standard InChI is InChI=1S/C14H14N4OS2/c1-10-7-12(20-8-10)13(19)15-5-3-11-9-21-14(17-11)18-6-2-4-16-18/h2,4,6-9H,3,5H2,1H3,(H,15,19). The van der Waals surface area contributed by atoms with E-state index >= 15 is 0 Å². The van der Waals surface area contributed by atoms with Crippen LogP contribution in [0.15, 0.2) is 35.3 Å². The number of aryl methyl sites for hydroxylation is 1. The Balaban J connectivity index is 1.53. The highest BCUT2D eigenvalue weighted by molar-refractivity contribution is 7.12. The molecule has 1 amide bonds. The van der Waals surface area contributed by atoms with Crippen LogP contribution in [0.4, 0.5) is 0 Å². The van der Waals surface area contributed by atoms with Crippen LogP contribution in [-0.2, 0) is 6.42 Å². The van der Waals surface area contributed by atoms with Crippen molar-refractivity contribution in [2.24, 2.45) is 0 Å². The van der Waals surface area contributed by atoms with Gasteiger partial charge in [-0.2, -0.15) is 5.10 Å². The minimum Gasteiger partial charge on any atom is -0.351 e. The highest BCUT2D eigenvalue weighted by Gasteiger charge is 2.08. The molecule has 108 valence electrons. The van der Waals surface area contributed by atoms with E-state index in [9.17, 15) is 4.79 Å². The number of thiazole rings is 1. The number of carbonyl (C=O) groups is 1. The third kappa shape index (κ3) is 3.37. The number of rotatable bonds is 5. The molecule has 0 bridgehead atoms. The summed E-state index contributed by atoms with van der Waals surface area (Å²) >= 11 is 3.01. The summed E-state index contributed by atoms with van der Waals surface area (Å²) in [4.78, 5) is 17.2. The van der Waals surface area contributed by atoms with Gasteiger partial charge in [-0.3, -0.25) is 4.79 Å². The van der Waals surface area contributed by atoms with E-state index in [4.69, 9.17) is 0 Å². The second-order valence-corrected chi connectivity index (χ2v) is 6.31. The first-order chi connectivity index (χ1) is 10.2. The normalized spacial score (nSPS) is 10.7. The van der Waals surface area contributed by atoms with Gasteiger partial charge in [-0.15, -0.1) is 22.7 Å². The molecule has 0 unspecified atom stereocenters. The lowest BCUT2D eigenvalue weighted by Gasteiger charge is -2.01. The summed E-state index contributed by atoms with van der Waals surface area (Å²) in [6, 6.07) is 3.77. The summed E-state index contributed by atoms with van der Waals surface area (Å²) in [5.74, 6) is -0.0179. The number of aromatic nitrogens is 3. The van der Waals surface area contributed by atoms with E-state index in [1.54, 1.807) is 22.2 Å². The largest absolute Gasteiger partial charge is 0.351 e. The van der Waals surface area contributed by atoms with Gasteiger partial charge in [-0.1, -0.05) is 0 Å². The van der Waals surface area contributed by atoms with E-state index in [2.05, 4.69) is 15.4 Å². The van der Waals surface area contributed by atoms with Crippen LogP contribution < -0.4 is 5.32 Å². The number of thiophene rings is 1. The molecule has 0 atom stereocenters. The zero-order valence-electron chi connectivity index (χ0n) is 11.4. The van der Waals surface area contributed by atoms with Crippen LogP contribution in [0.5, 0.6) is 0 Å². The predicted octanol–water partition coefficient (Wildman–Crippen LogP) is 2.67. The average Bonchev–Trinajstić information content (AvgIpc) is 3.19. The maximum absolute atomic E-state index is 11.9. The van der Waals surface area contributed by atoms with Crippen molar-refractivity contribution in [3.63, 3.8) is 0 Å². The van der Waals surface area contributed by atoms with Crippen molar-refractivity contribution in [3.05, 3.63) is 51.4 Å². The molecule has 7 heteroatoms. The molecule has 0 aromatic carbocycles. The van der Waals surface area contributed by atoms with Crippen LogP contribution in [0.1, 0.15) is 20.9 Å². The molecule has 0 radical (unpaired) electrons. The van der Waals surface area contributed by atoms with Crippen LogP contribution in [0.2, 0.25) is 0 Å². The zero-order chi connectivity index (χ0) is 14.7. The topological polar surface area (TPSA) is 59.8 Å². The van der Waals surface area contributed by atoms with Gasteiger partial charge < -0.3 is 5.32 Å². The summed E-state index contributed by atoms with van der Waals surface area (Å²) in [5, 5.41) is 11.9. The summed E-state index contributed by atoms with van der Waals surface area (Å²) in [5.41, 5.74) is 2.08. The van der Waals surface area contributed by atoms with Gasteiger partial charge in [0.15, 0.2) is 0 Å². The van der Waals surface area contributed by atoms with E-state index in [0.717, 1.165) is 21.3 Å². The fourth-order valence-electron chi connectivity index (χ4n) is 1.84. The van der Waals surface area contributed by atoms with E-state index < -0.39 is 0 Å². The SMILES string of the molecule is Cc1csc(C(=O)NCCc2csc(-n3cccn3)n2)c1. The van der Waals surface area contributed by atoms with E-state index in [0.29, 0.717) is 13.0 Å². The highest BCUT2D eigenvalue weighted by atomic mass is 32.1. The van der Waals surface area contributed by atoms with Crippen LogP contribution in [-0.4, -0.2) is 27.2 Å². The number of nitrogens with zero attached hydrogens (tertiary/aromatic N) is 3.